The summed E-state index contributed by atoms with van der Waals surface area (Å²) < 4.78 is 28.2. The number of carbonyl (C=O) groups excluding carboxylic acids is 1. The standard InChI is InChI=1S/C31H28Br3FN4O4/c1-2-42-25-14-19(27(33)28(34)29(25)43-17-26(40)37-22-11-9-21(35)10-12-22)16-36-39-30(18-6-4-3-5-7-18)38-24-13-8-20(32)15-23(24)31(39)41/h8-16,18H,2-7,17H2,1H3,(H,37,40). The van der Waals surface area contributed by atoms with Gasteiger partial charge in [-0.05, 0) is 100 Å². The van der Waals surface area contributed by atoms with Gasteiger partial charge in [-0.3, -0.25) is 9.59 Å². The number of nitrogens with zero attached hydrogens (tertiary/aromatic N) is 3. The Balaban J connectivity index is 1.47. The van der Waals surface area contributed by atoms with Crippen LogP contribution >= 0.6 is 47.8 Å². The summed E-state index contributed by atoms with van der Waals surface area (Å²) in [6, 6.07) is 12.7. The molecule has 5 rings (SSSR count). The van der Waals surface area contributed by atoms with Crippen molar-refractivity contribution in [2.45, 2.75) is 44.9 Å². The molecule has 8 nitrogen and oxygen atoms in total. The molecule has 1 saturated carbocycles. The van der Waals surface area contributed by atoms with E-state index in [1.807, 2.05) is 19.1 Å². The van der Waals surface area contributed by atoms with E-state index >= 15 is 0 Å². The van der Waals surface area contributed by atoms with E-state index in [0.717, 1.165) is 30.2 Å². The van der Waals surface area contributed by atoms with Crippen molar-refractivity contribution in [2.24, 2.45) is 5.10 Å². The zero-order valence-corrected chi connectivity index (χ0v) is 28.0. The fraction of sp³-hybridized carbons (Fsp3) is 0.290. The molecule has 1 fully saturated rings. The van der Waals surface area contributed by atoms with Gasteiger partial charge in [0.05, 0.1) is 28.2 Å². The molecule has 0 spiro atoms. The fourth-order valence-electron chi connectivity index (χ4n) is 4.99. The normalized spacial score (nSPS) is 13.9. The minimum Gasteiger partial charge on any atom is -0.490 e. The molecule has 1 heterocycles. The van der Waals surface area contributed by atoms with E-state index in [2.05, 4.69) is 58.2 Å². The van der Waals surface area contributed by atoms with E-state index in [1.165, 1.54) is 35.4 Å². The zero-order valence-electron chi connectivity index (χ0n) is 23.2. The van der Waals surface area contributed by atoms with Crippen molar-refractivity contribution in [3.8, 4) is 11.5 Å². The summed E-state index contributed by atoms with van der Waals surface area (Å²) in [5, 5.41) is 7.80. The first-order valence-electron chi connectivity index (χ1n) is 13.8. The zero-order chi connectivity index (χ0) is 30.5. The molecule has 4 aromatic rings. The van der Waals surface area contributed by atoms with Gasteiger partial charge in [-0.2, -0.15) is 9.78 Å². The van der Waals surface area contributed by atoms with Crippen LogP contribution in [0.15, 0.2) is 71.8 Å². The smallest absolute Gasteiger partial charge is 0.282 e. The third-order valence-electron chi connectivity index (χ3n) is 7.05. The molecule has 1 amide bonds. The molecule has 0 bridgehead atoms. The number of amides is 1. The monoisotopic (exact) mass is 776 g/mol. The van der Waals surface area contributed by atoms with Crippen LogP contribution in [0.25, 0.3) is 10.9 Å². The van der Waals surface area contributed by atoms with Gasteiger partial charge in [0.15, 0.2) is 18.1 Å². The summed E-state index contributed by atoms with van der Waals surface area (Å²) in [6.07, 6.45) is 6.84. The third-order valence-corrected chi connectivity index (χ3v) is 9.68. The first-order chi connectivity index (χ1) is 20.7. The Morgan fingerprint density at radius 3 is 2.53 bits per heavy atom. The summed E-state index contributed by atoms with van der Waals surface area (Å²) in [5.41, 5.74) is 1.47. The summed E-state index contributed by atoms with van der Waals surface area (Å²) in [5.74, 6) is 0.674. The average Bonchev–Trinajstić information content (AvgIpc) is 3.00. The number of fused-ring (bicyclic) bond motifs is 1. The van der Waals surface area contributed by atoms with Gasteiger partial charge in [-0.1, -0.05) is 35.2 Å². The van der Waals surface area contributed by atoms with Crippen LogP contribution in [0.3, 0.4) is 0 Å². The lowest BCUT2D eigenvalue weighted by Crippen LogP contribution is -2.25. The predicted molar refractivity (Wildman–Crippen MR) is 176 cm³/mol. The van der Waals surface area contributed by atoms with Crippen LogP contribution in [0.1, 0.15) is 56.3 Å². The quantitative estimate of drug-likeness (QED) is 0.173. The van der Waals surface area contributed by atoms with Gasteiger partial charge in [-0.15, -0.1) is 0 Å². The molecule has 0 aliphatic heterocycles. The second-order valence-electron chi connectivity index (χ2n) is 10.0. The lowest BCUT2D eigenvalue weighted by atomic mass is 9.88. The molecule has 3 aromatic carbocycles. The second kappa shape index (κ2) is 14.1. The van der Waals surface area contributed by atoms with E-state index in [4.69, 9.17) is 14.5 Å². The summed E-state index contributed by atoms with van der Waals surface area (Å²) >= 11 is 10.6. The van der Waals surface area contributed by atoms with Crippen LogP contribution in [0.4, 0.5) is 10.1 Å². The van der Waals surface area contributed by atoms with Gasteiger partial charge in [0.2, 0.25) is 0 Å². The van der Waals surface area contributed by atoms with Crippen LogP contribution in [0.2, 0.25) is 0 Å². The third kappa shape index (κ3) is 7.35. The summed E-state index contributed by atoms with van der Waals surface area (Å²) in [6.45, 7) is 1.87. The van der Waals surface area contributed by atoms with E-state index < -0.39 is 11.7 Å². The fourth-order valence-corrected chi connectivity index (χ4v) is 6.28. The maximum Gasteiger partial charge on any atom is 0.282 e. The Kier molecular flexibility index (Phi) is 10.3. The van der Waals surface area contributed by atoms with Crippen molar-refractivity contribution < 1.29 is 18.7 Å². The molecule has 1 N–H and O–H groups in total. The summed E-state index contributed by atoms with van der Waals surface area (Å²) in [7, 11) is 0. The van der Waals surface area contributed by atoms with Crippen LogP contribution in [0.5, 0.6) is 11.5 Å². The molecule has 1 aromatic heterocycles. The molecule has 43 heavy (non-hydrogen) atoms. The van der Waals surface area contributed by atoms with Gasteiger partial charge in [0.25, 0.3) is 11.5 Å². The Morgan fingerprint density at radius 2 is 1.81 bits per heavy atom. The van der Waals surface area contributed by atoms with Gasteiger partial charge in [-0.25, -0.2) is 9.37 Å². The van der Waals surface area contributed by atoms with Gasteiger partial charge in [0, 0.05) is 26.1 Å². The maximum absolute atomic E-state index is 13.7. The number of carbonyl (C=O) groups is 1. The first-order valence-corrected chi connectivity index (χ1v) is 16.2. The molecule has 0 radical (unpaired) electrons. The highest BCUT2D eigenvalue weighted by Crippen LogP contribution is 2.42. The van der Waals surface area contributed by atoms with E-state index in [0.29, 0.717) is 55.0 Å². The average molecular weight is 779 g/mol. The largest absolute Gasteiger partial charge is 0.490 e. The van der Waals surface area contributed by atoms with Gasteiger partial charge in [0.1, 0.15) is 11.6 Å². The van der Waals surface area contributed by atoms with Crippen molar-refractivity contribution in [3.63, 3.8) is 0 Å². The lowest BCUT2D eigenvalue weighted by molar-refractivity contribution is -0.118. The molecular weight excluding hydrogens is 751 g/mol. The minimum atomic E-state index is -0.423. The molecule has 1 aliphatic rings. The predicted octanol–water partition coefficient (Wildman–Crippen LogP) is 8.17. The maximum atomic E-state index is 13.7. The highest BCUT2D eigenvalue weighted by molar-refractivity contribution is 9.13. The van der Waals surface area contributed by atoms with Crippen molar-refractivity contribution in [1.82, 2.24) is 9.66 Å². The highest BCUT2D eigenvalue weighted by atomic mass is 79.9. The number of hydrogen-bond acceptors (Lipinski definition) is 6. The topological polar surface area (TPSA) is 94.8 Å². The second-order valence-corrected chi connectivity index (χ2v) is 12.5. The number of hydrogen-bond donors (Lipinski definition) is 1. The van der Waals surface area contributed by atoms with Crippen molar-refractivity contribution in [1.29, 1.82) is 0 Å². The lowest BCUT2D eigenvalue weighted by Gasteiger charge is -2.23. The molecule has 1 aliphatic carbocycles. The molecule has 0 saturated heterocycles. The van der Waals surface area contributed by atoms with E-state index in [9.17, 15) is 14.0 Å². The number of rotatable bonds is 9. The van der Waals surface area contributed by atoms with Crippen LogP contribution in [-0.2, 0) is 4.79 Å². The Labute approximate surface area is 273 Å². The highest BCUT2D eigenvalue weighted by Gasteiger charge is 2.23. The minimum absolute atomic E-state index is 0.137. The Morgan fingerprint density at radius 1 is 1.07 bits per heavy atom. The summed E-state index contributed by atoms with van der Waals surface area (Å²) in [4.78, 5) is 31.1. The number of halogens is 4. The van der Waals surface area contributed by atoms with Crippen molar-refractivity contribution in [3.05, 3.63) is 89.5 Å². The van der Waals surface area contributed by atoms with Crippen LogP contribution < -0.4 is 20.3 Å². The number of benzene rings is 3. The van der Waals surface area contributed by atoms with Gasteiger partial charge >= 0.3 is 0 Å². The van der Waals surface area contributed by atoms with Crippen LogP contribution in [0, 0.1) is 5.82 Å². The molecule has 12 heteroatoms. The Hall–Kier alpha value is -3.09. The number of anilines is 1. The molecular formula is C31H28Br3FN4O4. The Bertz CT molecular complexity index is 1740. The van der Waals surface area contributed by atoms with Crippen LogP contribution in [-0.4, -0.2) is 35.0 Å². The first kappa shape index (κ1) is 31.3. The SMILES string of the molecule is CCOc1cc(C=Nn2c(C3CCCCC3)nc3ccc(Br)cc3c2=O)c(Br)c(Br)c1OCC(=O)Nc1ccc(F)cc1. The molecule has 0 atom stereocenters. The number of nitrogens with one attached hydrogen (secondary N) is 1. The number of aromatic nitrogens is 2. The van der Waals surface area contributed by atoms with E-state index in [1.54, 1.807) is 18.3 Å². The van der Waals surface area contributed by atoms with Gasteiger partial charge < -0.3 is 14.8 Å². The number of ether oxygens (including phenoxy) is 2. The van der Waals surface area contributed by atoms with Crippen molar-refractivity contribution in [2.75, 3.05) is 18.5 Å². The molecule has 0 unspecified atom stereocenters. The van der Waals surface area contributed by atoms with E-state index in [-0.39, 0.29) is 18.1 Å². The molecule has 224 valence electrons. The van der Waals surface area contributed by atoms with Crippen molar-refractivity contribution >= 4 is 76.5 Å².